The zero-order chi connectivity index (χ0) is 11.8. The highest BCUT2D eigenvalue weighted by Gasteiger charge is 2.38. The zero-order valence-corrected chi connectivity index (χ0v) is 9.66. The van der Waals surface area contributed by atoms with E-state index in [0.29, 0.717) is 6.20 Å². The molecule has 0 atom stereocenters. The van der Waals surface area contributed by atoms with Crippen LogP contribution < -0.4 is 0 Å². The molecule has 8 heteroatoms. The molecule has 1 nitrogen and oxygen atoms in total. The molecule has 0 amide bonds. The molecular weight excluding hydrogens is 355 g/mol. The summed E-state index contributed by atoms with van der Waals surface area (Å²) in [5, 5.41) is -0.362. The topological polar surface area (TPSA) is 12.9 Å². The Morgan fingerprint density at radius 3 is 2.27 bits per heavy atom. The van der Waals surface area contributed by atoms with Gasteiger partial charge in [0.15, 0.2) is 0 Å². The molecule has 1 rings (SSSR count). The zero-order valence-electron chi connectivity index (χ0n) is 6.75. The molecule has 0 saturated carbocycles. The summed E-state index contributed by atoms with van der Waals surface area (Å²) in [5.41, 5.74) is -2.57. The van der Waals surface area contributed by atoms with Gasteiger partial charge in [0, 0.05) is 11.8 Å². The maximum atomic E-state index is 12.4. The standard InChI is InChI=1S/C7H2ClF5IN/c8-5-4(14)3(6(9)10)2(1-15-5)7(11,12)13/h1,6H. The fourth-order valence-corrected chi connectivity index (χ4v) is 1.73. The average molecular weight is 357 g/mol. The molecule has 84 valence electrons. The number of nitrogens with zero attached hydrogens (tertiary/aromatic N) is 1. The Labute approximate surface area is 99.8 Å². The third-order valence-corrected chi connectivity index (χ3v) is 3.24. The van der Waals surface area contributed by atoms with Crippen molar-refractivity contribution >= 4 is 34.2 Å². The maximum Gasteiger partial charge on any atom is 0.418 e. The number of pyridine rings is 1. The van der Waals surface area contributed by atoms with Gasteiger partial charge in [-0.3, -0.25) is 0 Å². The lowest BCUT2D eigenvalue weighted by atomic mass is 10.1. The van der Waals surface area contributed by atoms with Gasteiger partial charge in [0.1, 0.15) is 5.15 Å². The molecule has 1 heterocycles. The summed E-state index contributed by atoms with van der Waals surface area (Å²) < 4.78 is 61.3. The number of hydrogen-bond donors (Lipinski definition) is 0. The van der Waals surface area contributed by atoms with E-state index < -0.39 is 23.7 Å². The van der Waals surface area contributed by atoms with E-state index in [9.17, 15) is 22.0 Å². The third kappa shape index (κ3) is 2.68. The van der Waals surface area contributed by atoms with Gasteiger partial charge in [-0.2, -0.15) is 13.2 Å². The monoisotopic (exact) mass is 357 g/mol. The SMILES string of the molecule is FC(F)c1c(C(F)(F)F)cnc(Cl)c1I. The fourth-order valence-electron chi connectivity index (χ4n) is 0.916. The van der Waals surface area contributed by atoms with Crippen LogP contribution in [-0.2, 0) is 6.18 Å². The van der Waals surface area contributed by atoms with Gasteiger partial charge in [-0.15, -0.1) is 0 Å². The number of aromatic nitrogens is 1. The van der Waals surface area contributed by atoms with Crippen molar-refractivity contribution in [3.8, 4) is 0 Å². The highest BCUT2D eigenvalue weighted by molar-refractivity contribution is 14.1. The van der Waals surface area contributed by atoms with Crippen LogP contribution in [0.5, 0.6) is 0 Å². The minimum Gasteiger partial charge on any atom is -0.243 e. The first-order valence-corrected chi connectivity index (χ1v) is 4.90. The molecule has 0 saturated heterocycles. The summed E-state index contributed by atoms with van der Waals surface area (Å²) in [7, 11) is 0. The smallest absolute Gasteiger partial charge is 0.243 e. The quantitative estimate of drug-likeness (QED) is 0.415. The van der Waals surface area contributed by atoms with Crippen molar-refractivity contribution in [1.29, 1.82) is 0 Å². The van der Waals surface area contributed by atoms with Crippen LogP contribution in [0, 0.1) is 3.57 Å². The molecule has 0 radical (unpaired) electrons. The number of rotatable bonds is 1. The molecule has 0 bridgehead atoms. The van der Waals surface area contributed by atoms with E-state index in [1.807, 2.05) is 0 Å². The molecule has 1 aromatic rings. The van der Waals surface area contributed by atoms with E-state index in [1.54, 1.807) is 0 Å². The molecule has 0 spiro atoms. The third-order valence-electron chi connectivity index (χ3n) is 1.54. The molecule has 0 fully saturated rings. The predicted molar refractivity (Wildman–Crippen MR) is 51.9 cm³/mol. The number of hydrogen-bond acceptors (Lipinski definition) is 1. The van der Waals surface area contributed by atoms with Crippen molar-refractivity contribution in [3.63, 3.8) is 0 Å². The maximum absolute atomic E-state index is 12.4. The van der Waals surface area contributed by atoms with Crippen LogP contribution >= 0.6 is 34.2 Å². The van der Waals surface area contributed by atoms with Crippen molar-refractivity contribution in [2.24, 2.45) is 0 Å². The minimum atomic E-state index is -4.86. The van der Waals surface area contributed by atoms with Gasteiger partial charge in [0.2, 0.25) is 0 Å². The fraction of sp³-hybridized carbons (Fsp3) is 0.286. The minimum absolute atomic E-state index is 0.311. The van der Waals surface area contributed by atoms with E-state index in [2.05, 4.69) is 4.98 Å². The summed E-state index contributed by atoms with van der Waals surface area (Å²) in [5.74, 6) is 0. The van der Waals surface area contributed by atoms with Gasteiger partial charge >= 0.3 is 6.18 Å². The molecule has 0 aliphatic carbocycles. The summed E-state index contributed by atoms with van der Waals surface area (Å²) in [6.45, 7) is 0. The largest absolute Gasteiger partial charge is 0.418 e. The summed E-state index contributed by atoms with van der Waals surface area (Å²) in [6, 6.07) is 0. The van der Waals surface area contributed by atoms with E-state index in [-0.39, 0.29) is 8.72 Å². The van der Waals surface area contributed by atoms with Gasteiger partial charge < -0.3 is 0 Å². The van der Waals surface area contributed by atoms with Crippen LogP contribution in [0.2, 0.25) is 5.15 Å². The second-order valence-corrected chi connectivity index (χ2v) is 3.93. The van der Waals surface area contributed by atoms with E-state index in [0.717, 1.165) is 0 Å². The van der Waals surface area contributed by atoms with Crippen LogP contribution in [0.3, 0.4) is 0 Å². The van der Waals surface area contributed by atoms with Gasteiger partial charge in [-0.25, -0.2) is 13.8 Å². The first-order valence-electron chi connectivity index (χ1n) is 3.44. The number of halogens is 7. The Morgan fingerprint density at radius 2 is 1.87 bits per heavy atom. The molecule has 15 heavy (non-hydrogen) atoms. The first-order chi connectivity index (χ1) is 6.75. The Kier molecular flexibility index (Phi) is 3.75. The molecular formula is C7H2ClF5IN. The Morgan fingerprint density at radius 1 is 1.33 bits per heavy atom. The van der Waals surface area contributed by atoms with Crippen molar-refractivity contribution in [2.45, 2.75) is 12.6 Å². The molecule has 0 N–H and O–H groups in total. The lowest BCUT2D eigenvalue weighted by Gasteiger charge is -2.13. The van der Waals surface area contributed by atoms with Gasteiger partial charge in [-0.05, 0) is 22.6 Å². The summed E-state index contributed by atoms with van der Waals surface area (Å²) >= 11 is 6.67. The van der Waals surface area contributed by atoms with Crippen LogP contribution in [0.25, 0.3) is 0 Å². The second-order valence-electron chi connectivity index (χ2n) is 2.49. The molecule has 1 aromatic heterocycles. The van der Waals surface area contributed by atoms with Crippen molar-refractivity contribution in [3.05, 3.63) is 26.0 Å². The van der Waals surface area contributed by atoms with E-state index in [4.69, 9.17) is 11.6 Å². The Balaban J connectivity index is 3.47. The molecule has 0 aromatic carbocycles. The highest BCUT2D eigenvalue weighted by atomic mass is 127. The molecule has 0 unspecified atom stereocenters. The van der Waals surface area contributed by atoms with Crippen LogP contribution in [0.4, 0.5) is 22.0 Å². The molecule has 0 aliphatic heterocycles. The van der Waals surface area contributed by atoms with E-state index in [1.165, 1.54) is 22.6 Å². The normalized spacial score (nSPS) is 12.3. The van der Waals surface area contributed by atoms with Gasteiger partial charge in [-0.1, -0.05) is 11.6 Å². The van der Waals surface area contributed by atoms with Crippen molar-refractivity contribution in [2.75, 3.05) is 0 Å². The lowest BCUT2D eigenvalue weighted by molar-refractivity contribution is -0.139. The predicted octanol–water partition coefficient (Wildman–Crippen LogP) is 4.30. The second kappa shape index (κ2) is 4.36. The summed E-state index contributed by atoms with van der Waals surface area (Å²) in [4.78, 5) is 3.19. The Bertz CT molecular complexity index is 378. The summed E-state index contributed by atoms with van der Waals surface area (Å²) in [6.07, 6.45) is -7.79. The van der Waals surface area contributed by atoms with Crippen LogP contribution in [-0.4, -0.2) is 4.98 Å². The van der Waals surface area contributed by atoms with Gasteiger partial charge in [0.05, 0.1) is 9.13 Å². The van der Waals surface area contributed by atoms with Gasteiger partial charge in [0.25, 0.3) is 6.43 Å². The Hall–Kier alpha value is -0.180. The first kappa shape index (κ1) is 12.9. The van der Waals surface area contributed by atoms with Crippen LogP contribution in [0.1, 0.15) is 17.6 Å². The molecule has 0 aliphatic rings. The van der Waals surface area contributed by atoms with Crippen molar-refractivity contribution < 1.29 is 22.0 Å². The number of alkyl halides is 5. The lowest BCUT2D eigenvalue weighted by Crippen LogP contribution is -2.12. The van der Waals surface area contributed by atoms with Crippen molar-refractivity contribution in [1.82, 2.24) is 4.98 Å². The average Bonchev–Trinajstić information content (AvgIpc) is 2.06. The highest BCUT2D eigenvalue weighted by Crippen LogP contribution is 2.39. The van der Waals surface area contributed by atoms with E-state index >= 15 is 0 Å². The van der Waals surface area contributed by atoms with Crippen LogP contribution in [0.15, 0.2) is 6.20 Å².